The van der Waals surface area contributed by atoms with Crippen LogP contribution in [-0.4, -0.2) is 28.5 Å². The van der Waals surface area contributed by atoms with Gasteiger partial charge in [-0.1, -0.05) is 0 Å². The smallest absolute Gasteiger partial charge is 0.463 e. The Morgan fingerprint density at radius 2 is 2.17 bits per heavy atom. The van der Waals surface area contributed by atoms with Gasteiger partial charge in [-0.25, -0.2) is 0 Å². The second kappa shape index (κ2) is 5.04. The minimum Gasteiger partial charge on any atom is -0.463 e. The fourth-order valence-corrected chi connectivity index (χ4v) is 1.13. The average Bonchev–Trinajstić information content (AvgIpc) is 2.25. The number of nitro groups is 1. The number of hydrogen-bond acceptors (Lipinski definition) is 6. The Balaban J connectivity index is 3.33. The van der Waals surface area contributed by atoms with Gasteiger partial charge in [0.2, 0.25) is 5.75 Å². The van der Waals surface area contributed by atoms with E-state index in [2.05, 4.69) is 14.5 Å². The van der Waals surface area contributed by atoms with Gasteiger partial charge in [-0.2, -0.15) is 0 Å². The van der Waals surface area contributed by atoms with E-state index in [1.165, 1.54) is 0 Å². The third-order valence-electron chi connectivity index (χ3n) is 1.77. The van der Waals surface area contributed by atoms with Crippen LogP contribution in [0.1, 0.15) is 5.56 Å². The third-order valence-corrected chi connectivity index (χ3v) is 1.77. The van der Waals surface area contributed by atoms with Crippen molar-refractivity contribution in [2.45, 2.75) is 13.0 Å². The molecular weight excluding hydrogens is 261 g/mol. The number of ether oxygens (including phenoxy) is 2. The van der Waals surface area contributed by atoms with Crippen LogP contribution in [0.3, 0.4) is 0 Å². The molecule has 1 rings (SSSR count). The number of aliphatic hydroxyl groups excluding tert-OH is 1. The minimum absolute atomic E-state index is 0.164. The molecule has 0 amide bonds. The Labute approximate surface area is 97.9 Å². The summed E-state index contributed by atoms with van der Waals surface area (Å²) in [7, 11) is 1.11. The van der Waals surface area contributed by atoms with E-state index in [0.717, 1.165) is 7.11 Å². The summed E-state index contributed by atoms with van der Waals surface area (Å²) in [5, 5.41) is 19.4. The lowest BCUT2D eigenvalue weighted by Gasteiger charge is -2.10. The molecule has 1 N–H and O–H groups in total. The molecule has 0 fully saturated rings. The maximum atomic E-state index is 12.0. The summed E-state index contributed by atoms with van der Waals surface area (Å²) in [4.78, 5) is 12.6. The van der Waals surface area contributed by atoms with Gasteiger partial charge in [0, 0.05) is 11.1 Å². The highest BCUT2D eigenvalue weighted by atomic mass is 19.4. The Kier molecular flexibility index (Phi) is 3.91. The van der Waals surface area contributed by atoms with Crippen molar-refractivity contribution in [1.29, 1.82) is 0 Å². The van der Waals surface area contributed by atoms with Gasteiger partial charge >= 0.3 is 18.1 Å². The molecule has 1 aromatic heterocycles. The van der Waals surface area contributed by atoms with Crippen LogP contribution in [0.25, 0.3) is 0 Å². The molecule has 0 radical (unpaired) electrons. The largest absolute Gasteiger partial charge is 0.573 e. The molecule has 100 valence electrons. The van der Waals surface area contributed by atoms with Crippen molar-refractivity contribution < 1.29 is 32.7 Å². The molecule has 1 heterocycles. The van der Waals surface area contributed by atoms with Crippen LogP contribution in [0.4, 0.5) is 19.0 Å². The highest BCUT2D eigenvalue weighted by Crippen LogP contribution is 2.34. The van der Waals surface area contributed by atoms with Crippen molar-refractivity contribution in [3.8, 4) is 11.6 Å². The number of pyridine rings is 1. The maximum absolute atomic E-state index is 12.0. The monoisotopic (exact) mass is 268 g/mol. The van der Waals surface area contributed by atoms with Gasteiger partial charge in [-0.05, 0) is 4.92 Å². The standard InChI is InChI=1S/C8H7F3N2O5/c1-17-7-4(3-14)2-5(18-8(9,10)11)6(12-7)13(15)16/h2,14H,3H2,1H3. The molecule has 18 heavy (non-hydrogen) atoms. The molecule has 1 aromatic rings. The summed E-state index contributed by atoms with van der Waals surface area (Å²) >= 11 is 0. The minimum atomic E-state index is -5.10. The Morgan fingerprint density at radius 1 is 1.56 bits per heavy atom. The summed E-state index contributed by atoms with van der Waals surface area (Å²) in [6.45, 7) is -0.706. The Hall–Kier alpha value is -2.10. The summed E-state index contributed by atoms with van der Waals surface area (Å²) in [6.07, 6.45) is -5.10. The van der Waals surface area contributed by atoms with Crippen LogP contribution in [0.15, 0.2) is 6.07 Å². The van der Waals surface area contributed by atoms with E-state index in [1.807, 2.05) is 0 Å². The molecule has 0 aliphatic carbocycles. The first-order chi connectivity index (χ1) is 8.28. The van der Waals surface area contributed by atoms with Gasteiger partial charge in [0.15, 0.2) is 0 Å². The van der Waals surface area contributed by atoms with Gasteiger partial charge in [0.05, 0.1) is 19.3 Å². The molecule has 0 unspecified atom stereocenters. The first kappa shape index (κ1) is 14.0. The quantitative estimate of drug-likeness (QED) is 0.655. The average molecular weight is 268 g/mol. The second-order valence-corrected chi connectivity index (χ2v) is 2.94. The van der Waals surface area contributed by atoms with Crippen LogP contribution >= 0.6 is 0 Å². The zero-order valence-electron chi connectivity index (χ0n) is 8.89. The number of alkyl halides is 3. The van der Waals surface area contributed by atoms with Crippen molar-refractivity contribution in [3.05, 3.63) is 21.7 Å². The summed E-state index contributed by atoms with van der Waals surface area (Å²) < 4.78 is 44.2. The first-order valence-electron chi connectivity index (χ1n) is 4.37. The number of methoxy groups -OCH3 is 1. The first-order valence-corrected chi connectivity index (χ1v) is 4.37. The number of aromatic nitrogens is 1. The van der Waals surface area contributed by atoms with Crippen molar-refractivity contribution in [2.24, 2.45) is 0 Å². The fourth-order valence-electron chi connectivity index (χ4n) is 1.13. The van der Waals surface area contributed by atoms with E-state index in [0.29, 0.717) is 6.07 Å². The molecule has 0 aromatic carbocycles. The molecule has 0 atom stereocenters. The maximum Gasteiger partial charge on any atom is 0.573 e. The van der Waals surface area contributed by atoms with Gasteiger partial charge in [0.25, 0.3) is 0 Å². The lowest BCUT2D eigenvalue weighted by Crippen LogP contribution is -2.18. The number of halogens is 3. The molecule has 0 bridgehead atoms. The molecule has 10 heteroatoms. The molecule has 0 aliphatic rings. The van der Waals surface area contributed by atoms with Crippen molar-refractivity contribution >= 4 is 5.82 Å². The van der Waals surface area contributed by atoms with E-state index in [-0.39, 0.29) is 11.4 Å². The number of aliphatic hydroxyl groups is 1. The van der Waals surface area contributed by atoms with Crippen molar-refractivity contribution in [2.75, 3.05) is 7.11 Å². The molecule has 0 aliphatic heterocycles. The number of hydrogen-bond donors (Lipinski definition) is 1. The van der Waals surface area contributed by atoms with Crippen LogP contribution in [0.5, 0.6) is 11.6 Å². The lowest BCUT2D eigenvalue weighted by molar-refractivity contribution is -0.393. The SMILES string of the molecule is COc1nc([N+](=O)[O-])c(OC(F)(F)F)cc1CO. The Bertz CT molecular complexity index is 463. The molecule has 0 saturated carbocycles. The van der Waals surface area contributed by atoms with Crippen molar-refractivity contribution in [3.63, 3.8) is 0 Å². The Morgan fingerprint density at radius 3 is 2.56 bits per heavy atom. The number of rotatable bonds is 4. The predicted molar refractivity (Wildman–Crippen MR) is 50.0 cm³/mol. The van der Waals surface area contributed by atoms with Gasteiger partial charge in [-0.3, -0.25) is 0 Å². The van der Waals surface area contributed by atoms with Crippen molar-refractivity contribution in [1.82, 2.24) is 4.98 Å². The highest BCUT2D eigenvalue weighted by molar-refractivity contribution is 5.46. The second-order valence-electron chi connectivity index (χ2n) is 2.94. The summed E-state index contributed by atoms with van der Waals surface area (Å²) in [6, 6.07) is 0.650. The zero-order valence-corrected chi connectivity index (χ0v) is 8.89. The van der Waals surface area contributed by atoms with Gasteiger partial charge in [0.1, 0.15) is 0 Å². The predicted octanol–water partition coefficient (Wildman–Crippen LogP) is 1.39. The zero-order chi connectivity index (χ0) is 13.9. The van der Waals surface area contributed by atoms with E-state index >= 15 is 0 Å². The highest BCUT2D eigenvalue weighted by Gasteiger charge is 2.36. The third kappa shape index (κ3) is 3.20. The molecular formula is C8H7F3N2O5. The van der Waals surface area contributed by atoms with Crippen LogP contribution in [-0.2, 0) is 6.61 Å². The van der Waals surface area contributed by atoms with E-state index < -0.39 is 29.5 Å². The lowest BCUT2D eigenvalue weighted by atomic mass is 10.2. The summed E-state index contributed by atoms with van der Waals surface area (Å²) in [5.41, 5.74) is -0.164. The van der Waals surface area contributed by atoms with Crippen LogP contribution in [0, 0.1) is 10.1 Å². The number of nitrogens with zero attached hydrogens (tertiary/aromatic N) is 2. The van der Waals surface area contributed by atoms with Crippen LogP contribution < -0.4 is 9.47 Å². The molecule has 0 spiro atoms. The fraction of sp³-hybridized carbons (Fsp3) is 0.375. The topological polar surface area (TPSA) is 94.7 Å². The normalized spacial score (nSPS) is 11.2. The van der Waals surface area contributed by atoms with E-state index in [9.17, 15) is 23.3 Å². The molecule has 0 saturated heterocycles. The van der Waals surface area contributed by atoms with Crippen LogP contribution in [0.2, 0.25) is 0 Å². The molecule has 7 nitrogen and oxygen atoms in total. The van der Waals surface area contributed by atoms with E-state index in [1.54, 1.807) is 0 Å². The van der Waals surface area contributed by atoms with Gasteiger partial charge in [-0.15, -0.1) is 13.2 Å². The summed E-state index contributed by atoms with van der Waals surface area (Å²) in [5.74, 6) is -2.61. The van der Waals surface area contributed by atoms with E-state index in [4.69, 9.17) is 5.11 Å². The van der Waals surface area contributed by atoms with Gasteiger partial charge < -0.3 is 24.7 Å².